The maximum atomic E-state index is 5.88. The van der Waals surface area contributed by atoms with Gasteiger partial charge in [-0.25, -0.2) is 4.98 Å². The van der Waals surface area contributed by atoms with Crippen molar-refractivity contribution in [1.82, 2.24) is 4.98 Å². The molecule has 0 aliphatic rings. The quantitative estimate of drug-likeness (QED) is 0.723. The van der Waals surface area contributed by atoms with E-state index >= 15 is 0 Å². The zero-order valence-corrected chi connectivity index (χ0v) is 9.51. The third kappa shape index (κ3) is 2.05. The van der Waals surface area contributed by atoms with E-state index in [0.29, 0.717) is 11.8 Å². The molecular weight excluding hydrogens is 210 g/mol. The van der Waals surface area contributed by atoms with E-state index in [-0.39, 0.29) is 0 Å². The molecule has 2 rings (SSSR count). The van der Waals surface area contributed by atoms with Crippen molar-refractivity contribution in [2.24, 2.45) is 0 Å². The van der Waals surface area contributed by atoms with Gasteiger partial charge in [-0.15, -0.1) is 0 Å². The Morgan fingerprint density at radius 2 is 2.13 bits per heavy atom. The number of hydrogen-bond acceptors (Lipinski definition) is 2. The van der Waals surface area contributed by atoms with Crippen LogP contribution in [0.3, 0.4) is 0 Å². The fraction of sp³-hybridized carbons (Fsp3) is 0.250. The Morgan fingerprint density at radius 3 is 2.87 bits per heavy atom. The minimum Gasteiger partial charge on any atom is -0.494 e. The second kappa shape index (κ2) is 4.07. The molecule has 0 saturated heterocycles. The van der Waals surface area contributed by atoms with Crippen molar-refractivity contribution in [2.45, 2.75) is 13.8 Å². The van der Waals surface area contributed by atoms with E-state index in [1.807, 2.05) is 38.1 Å². The summed E-state index contributed by atoms with van der Waals surface area (Å²) in [6.07, 6.45) is 0. The molecule has 0 N–H and O–H groups in total. The van der Waals surface area contributed by atoms with Gasteiger partial charge in [-0.1, -0.05) is 11.6 Å². The number of pyridine rings is 1. The fourth-order valence-electron chi connectivity index (χ4n) is 1.59. The summed E-state index contributed by atoms with van der Waals surface area (Å²) in [6, 6.07) is 7.70. The van der Waals surface area contributed by atoms with Gasteiger partial charge in [0.15, 0.2) is 0 Å². The summed E-state index contributed by atoms with van der Waals surface area (Å²) in [5, 5.41) is 1.62. The molecule has 2 aromatic rings. The van der Waals surface area contributed by atoms with Gasteiger partial charge >= 0.3 is 0 Å². The Kier molecular flexibility index (Phi) is 2.78. The molecule has 1 aromatic heterocycles. The number of ether oxygens (including phenoxy) is 1. The third-order valence-corrected chi connectivity index (χ3v) is 2.46. The Hall–Kier alpha value is -1.28. The zero-order valence-electron chi connectivity index (χ0n) is 8.75. The summed E-state index contributed by atoms with van der Waals surface area (Å²) in [6.45, 7) is 4.66. The van der Waals surface area contributed by atoms with E-state index in [9.17, 15) is 0 Å². The van der Waals surface area contributed by atoms with Crippen LogP contribution in [-0.2, 0) is 0 Å². The number of aromatic nitrogens is 1. The molecule has 0 saturated carbocycles. The highest BCUT2D eigenvalue weighted by Crippen LogP contribution is 2.24. The van der Waals surface area contributed by atoms with Gasteiger partial charge in [-0.3, -0.25) is 0 Å². The molecule has 78 valence electrons. The predicted molar refractivity (Wildman–Crippen MR) is 62.7 cm³/mol. The molecule has 0 fully saturated rings. The minimum atomic E-state index is 0.532. The first-order chi connectivity index (χ1) is 7.20. The van der Waals surface area contributed by atoms with E-state index in [1.165, 1.54) is 0 Å². The first-order valence-corrected chi connectivity index (χ1v) is 5.28. The first-order valence-electron chi connectivity index (χ1n) is 4.90. The number of rotatable bonds is 2. The van der Waals surface area contributed by atoms with Crippen LogP contribution < -0.4 is 4.74 Å². The molecule has 0 aliphatic heterocycles. The number of aryl methyl sites for hydroxylation is 1. The molecule has 2 nitrogen and oxygen atoms in total. The van der Waals surface area contributed by atoms with Crippen molar-refractivity contribution >= 4 is 22.5 Å². The van der Waals surface area contributed by atoms with Crippen LogP contribution in [0.5, 0.6) is 5.75 Å². The molecule has 0 bridgehead atoms. The van der Waals surface area contributed by atoms with Crippen molar-refractivity contribution in [3.63, 3.8) is 0 Å². The molecular formula is C12H12ClNO. The lowest BCUT2D eigenvalue weighted by molar-refractivity contribution is 0.340. The Balaban J connectivity index is 2.60. The number of nitrogens with zero attached hydrogens (tertiary/aromatic N) is 1. The van der Waals surface area contributed by atoms with Crippen LogP contribution in [0, 0.1) is 6.92 Å². The summed E-state index contributed by atoms with van der Waals surface area (Å²) < 4.78 is 5.44. The molecule has 0 radical (unpaired) electrons. The maximum Gasteiger partial charge on any atom is 0.130 e. The van der Waals surface area contributed by atoms with E-state index in [2.05, 4.69) is 4.98 Å². The molecule has 1 heterocycles. The van der Waals surface area contributed by atoms with Crippen LogP contribution in [0.15, 0.2) is 24.3 Å². The van der Waals surface area contributed by atoms with Gasteiger partial charge in [0.25, 0.3) is 0 Å². The summed E-state index contributed by atoms with van der Waals surface area (Å²) in [7, 11) is 0. The van der Waals surface area contributed by atoms with Gasteiger partial charge in [-0.2, -0.15) is 0 Å². The normalized spacial score (nSPS) is 10.6. The summed E-state index contributed by atoms with van der Waals surface area (Å²) in [5.74, 6) is 0.872. The van der Waals surface area contributed by atoms with E-state index in [0.717, 1.165) is 22.2 Å². The topological polar surface area (TPSA) is 22.1 Å². The second-order valence-electron chi connectivity index (χ2n) is 3.37. The lowest BCUT2D eigenvalue weighted by Crippen LogP contribution is -1.92. The van der Waals surface area contributed by atoms with Gasteiger partial charge < -0.3 is 4.74 Å². The summed E-state index contributed by atoms with van der Waals surface area (Å²) >= 11 is 5.88. The van der Waals surface area contributed by atoms with Crippen molar-refractivity contribution < 1.29 is 4.74 Å². The SMILES string of the molecule is CCOc1ccc2nc(Cl)cc(C)c2c1. The van der Waals surface area contributed by atoms with Gasteiger partial charge in [0, 0.05) is 5.39 Å². The standard InChI is InChI=1S/C12H12ClNO/c1-3-15-9-4-5-11-10(7-9)8(2)6-12(13)14-11/h4-7H,3H2,1-2H3. The van der Waals surface area contributed by atoms with Gasteiger partial charge in [0.05, 0.1) is 12.1 Å². The Labute approximate surface area is 93.8 Å². The summed E-state index contributed by atoms with van der Waals surface area (Å²) in [4.78, 5) is 4.25. The average Bonchev–Trinajstić information content (AvgIpc) is 2.19. The number of benzene rings is 1. The van der Waals surface area contributed by atoms with Gasteiger partial charge in [0.1, 0.15) is 10.9 Å². The highest BCUT2D eigenvalue weighted by Gasteiger charge is 2.02. The van der Waals surface area contributed by atoms with Crippen molar-refractivity contribution in [1.29, 1.82) is 0 Å². The molecule has 0 atom stereocenters. The average molecular weight is 222 g/mol. The molecule has 0 spiro atoms. The first kappa shape index (κ1) is 10.2. The molecule has 15 heavy (non-hydrogen) atoms. The van der Waals surface area contributed by atoms with Crippen LogP contribution in [0.25, 0.3) is 10.9 Å². The molecule has 0 aliphatic carbocycles. The molecule has 0 amide bonds. The number of hydrogen-bond donors (Lipinski definition) is 0. The largest absolute Gasteiger partial charge is 0.494 e. The smallest absolute Gasteiger partial charge is 0.130 e. The summed E-state index contributed by atoms with van der Waals surface area (Å²) in [5.41, 5.74) is 2.02. The number of fused-ring (bicyclic) bond motifs is 1. The van der Waals surface area contributed by atoms with Crippen LogP contribution in [0.1, 0.15) is 12.5 Å². The monoisotopic (exact) mass is 221 g/mol. The van der Waals surface area contributed by atoms with Crippen LogP contribution in [0.4, 0.5) is 0 Å². The van der Waals surface area contributed by atoms with Crippen molar-refractivity contribution in [3.8, 4) is 5.75 Å². The van der Waals surface area contributed by atoms with Crippen LogP contribution in [0.2, 0.25) is 5.15 Å². The van der Waals surface area contributed by atoms with Crippen LogP contribution in [-0.4, -0.2) is 11.6 Å². The highest BCUT2D eigenvalue weighted by molar-refractivity contribution is 6.29. The van der Waals surface area contributed by atoms with E-state index < -0.39 is 0 Å². The van der Waals surface area contributed by atoms with E-state index in [1.54, 1.807) is 0 Å². The number of halogens is 1. The van der Waals surface area contributed by atoms with Crippen LogP contribution >= 0.6 is 11.6 Å². The Bertz CT molecular complexity index is 496. The lowest BCUT2D eigenvalue weighted by atomic mass is 10.1. The molecule has 0 unspecified atom stereocenters. The Morgan fingerprint density at radius 1 is 1.33 bits per heavy atom. The maximum absolute atomic E-state index is 5.88. The fourth-order valence-corrected chi connectivity index (χ4v) is 1.84. The van der Waals surface area contributed by atoms with E-state index in [4.69, 9.17) is 16.3 Å². The predicted octanol–water partition coefficient (Wildman–Crippen LogP) is 3.60. The molecule has 3 heteroatoms. The minimum absolute atomic E-state index is 0.532. The third-order valence-electron chi connectivity index (χ3n) is 2.27. The lowest BCUT2D eigenvalue weighted by Gasteiger charge is -2.06. The van der Waals surface area contributed by atoms with Crippen molar-refractivity contribution in [2.75, 3.05) is 6.61 Å². The second-order valence-corrected chi connectivity index (χ2v) is 3.76. The van der Waals surface area contributed by atoms with Gasteiger partial charge in [-0.05, 0) is 43.7 Å². The zero-order chi connectivity index (χ0) is 10.8. The molecule has 1 aromatic carbocycles. The highest BCUT2D eigenvalue weighted by atomic mass is 35.5. The van der Waals surface area contributed by atoms with Gasteiger partial charge in [0.2, 0.25) is 0 Å². The van der Waals surface area contributed by atoms with Crippen molar-refractivity contribution in [3.05, 3.63) is 35.0 Å².